The molecule has 0 spiro atoms. The van der Waals surface area contributed by atoms with E-state index in [0.717, 1.165) is 25.3 Å². The minimum atomic E-state index is -2.50. The zero-order valence-electron chi connectivity index (χ0n) is 10.7. The van der Waals surface area contributed by atoms with Gasteiger partial charge in [-0.3, -0.25) is 0 Å². The molecule has 1 unspecified atom stereocenters. The van der Waals surface area contributed by atoms with E-state index in [2.05, 4.69) is 0 Å². The standard InChI is InChI=1S/C10H26N2O3Si/c1-10(6-4-7-11)15-16(13-2,14-3)9-5-8-12/h10H,4-9,11-12H2,1-3H3. The van der Waals surface area contributed by atoms with Crippen LogP contribution in [0.2, 0.25) is 6.04 Å². The summed E-state index contributed by atoms with van der Waals surface area (Å²) in [5.41, 5.74) is 11.0. The van der Waals surface area contributed by atoms with Crippen molar-refractivity contribution in [1.82, 2.24) is 0 Å². The van der Waals surface area contributed by atoms with Crippen LogP contribution in [-0.4, -0.2) is 42.2 Å². The van der Waals surface area contributed by atoms with Gasteiger partial charge in [-0.1, -0.05) is 0 Å². The second-order valence-electron chi connectivity index (χ2n) is 3.84. The zero-order chi connectivity index (χ0) is 12.4. The SMILES string of the molecule is CO[Si](CCCN)(OC)OC(C)CCCN. The lowest BCUT2D eigenvalue weighted by atomic mass is 10.2. The average Bonchev–Trinajstić information content (AvgIpc) is 2.32. The molecule has 6 heteroatoms. The molecular weight excluding hydrogens is 224 g/mol. The molecule has 0 fully saturated rings. The maximum absolute atomic E-state index is 5.92. The van der Waals surface area contributed by atoms with E-state index in [1.54, 1.807) is 14.2 Å². The third-order valence-electron chi connectivity index (χ3n) is 2.50. The van der Waals surface area contributed by atoms with E-state index in [1.165, 1.54) is 0 Å². The van der Waals surface area contributed by atoms with Crippen molar-refractivity contribution in [2.45, 2.75) is 38.3 Å². The lowest BCUT2D eigenvalue weighted by Crippen LogP contribution is -2.46. The number of hydrogen-bond donors (Lipinski definition) is 2. The molecule has 0 bridgehead atoms. The van der Waals surface area contributed by atoms with E-state index in [1.807, 2.05) is 6.92 Å². The first kappa shape index (κ1) is 16.0. The van der Waals surface area contributed by atoms with E-state index in [9.17, 15) is 0 Å². The third-order valence-corrected chi connectivity index (χ3v) is 5.48. The molecule has 0 saturated carbocycles. The van der Waals surface area contributed by atoms with Crippen LogP contribution in [0.5, 0.6) is 0 Å². The molecule has 0 rings (SSSR count). The smallest absolute Gasteiger partial charge is 0.377 e. The van der Waals surface area contributed by atoms with Gasteiger partial charge in [0.25, 0.3) is 0 Å². The third kappa shape index (κ3) is 5.93. The van der Waals surface area contributed by atoms with Gasteiger partial charge < -0.3 is 24.7 Å². The van der Waals surface area contributed by atoms with Gasteiger partial charge in [0.15, 0.2) is 0 Å². The van der Waals surface area contributed by atoms with Crippen LogP contribution in [0.15, 0.2) is 0 Å². The maximum atomic E-state index is 5.92. The Morgan fingerprint density at radius 3 is 2.06 bits per heavy atom. The molecule has 0 aromatic heterocycles. The Bertz CT molecular complexity index is 168. The first-order chi connectivity index (χ1) is 7.64. The summed E-state index contributed by atoms with van der Waals surface area (Å²) < 4.78 is 16.8. The molecule has 16 heavy (non-hydrogen) atoms. The Balaban J connectivity index is 4.17. The van der Waals surface area contributed by atoms with Crippen LogP contribution < -0.4 is 11.5 Å². The highest BCUT2D eigenvalue weighted by atomic mass is 28.4. The zero-order valence-corrected chi connectivity index (χ0v) is 11.7. The fraction of sp³-hybridized carbons (Fsp3) is 1.00. The molecule has 0 radical (unpaired) electrons. The first-order valence-electron chi connectivity index (χ1n) is 5.82. The van der Waals surface area contributed by atoms with Gasteiger partial charge >= 0.3 is 8.80 Å². The van der Waals surface area contributed by atoms with Gasteiger partial charge in [-0.05, 0) is 39.3 Å². The molecule has 0 aliphatic rings. The van der Waals surface area contributed by atoms with Crippen molar-refractivity contribution in [2.75, 3.05) is 27.3 Å². The summed E-state index contributed by atoms with van der Waals surface area (Å²) in [7, 11) is 0.783. The van der Waals surface area contributed by atoms with Crippen molar-refractivity contribution in [3.05, 3.63) is 0 Å². The Hall–Kier alpha value is 0.0169. The quantitative estimate of drug-likeness (QED) is 0.558. The van der Waals surface area contributed by atoms with Crippen LogP contribution in [0.25, 0.3) is 0 Å². The highest BCUT2D eigenvalue weighted by Crippen LogP contribution is 2.19. The summed E-state index contributed by atoms with van der Waals surface area (Å²) in [4.78, 5) is 0. The van der Waals surface area contributed by atoms with Crippen LogP contribution in [0.3, 0.4) is 0 Å². The van der Waals surface area contributed by atoms with Gasteiger partial charge in [0.05, 0.1) is 0 Å². The normalized spacial score (nSPS) is 14.1. The Morgan fingerprint density at radius 2 is 1.62 bits per heavy atom. The van der Waals surface area contributed by atoms with Crippen molar-refractivity contribution in [3.63, 3.8) is 0 Å². The van der Waals surface area contributed by atoms with Gasteiger partial charge in [0, 0.05) is 26.4 Å². The summed E-state index contributed by atoms with van der Waals surface area (Å²) in [5.74, 6) is 0. The number of rotatable bonds is 10. The molecule has 98 valence electrons. The van der Waals surface area contributed by atoms with E-state index < -0.39 is 8.80 Å². The molecule has 0 saturated heterocycles. The lowest BCUT2D eigenvalue weighted by Gasteiger charge is -2.29. The molecule has 1 atom stereocenters. The van der Waals surface area contributed by atoms with E-state index >= 15 is 0 Å². The Kier molecular flexibility index (Phi) is 9.10. The van der Waals surface area contributed by atoms with Gasteiger partial charge in [-0.15, -0.1) is 0 Å². The van der Waals surface area contributed by atoms with Gasteiger partial charge in [-0.2, -0.15) is 0 Å². The van der Waals surface area contributed by atoms with E-state index in [-0.39, 0.29) is 6.10 Å². The first-order valence-corrected chi connectivity index (χ1v) is 7.75. The number of nitrogens with two attached hydrogens (primary N) is 2. The largest absolute Gasteiger partial charge is 0.500 e. The van der Waals surface area contributed by atoms with Crippen LogP contribution in [-0.2, 0) is 13.3 Å². The van der Waals surface area contributed by atoms with Crippen molar-refractivity contribution < 1.29 is 13.3 Å². The Labute approximate surface area is 99.8 Å². The van der Waals surface area contributed by atoms with Crippen molar-refractivity contribution >= 4 is 8.80 Å². The van der Waals surface area contributed by atoms with Crippen molar-refractivity contribution in [1.29, 1.82) is 0 Å². The van der Waals surface area contributed by atoms with Gasteiger partial charge in [0.1, 0.15) is 0 Å². The number of hydrogen-bond acceptors (Lipinski definition) is 5. The van der Waals surface area contributed by atoms with Crippen LogP contribution in [0, 0.1) is 0 Å². The van der Waals surface area contributed by atoms with E-state index in [4.69, 9.17) is 24.7 Å². The fourth-order valence-corrected chi connectivity index (χ4v) is 3.79. The molecule has 0 aliphatic heterocycles. The summed E-state index contributed by atoms with van der Waals surface area (Å²) in [6, 6.07) is 0.767. The molecule has 0 amide bonds. The molecule has 4 N–H and O–H groups in total. The molecule has 0 heterocycles. The van der Waals surface area contributed by atoms with Crippen LogP contribution in [0.1, 0.15) is 26.2 Å². The summed E-state index contributed by atoms with van der Waals surface area (Å²) in [5, 5.41) is 0. The monoisotopic (exact) mass is 250 g/mol. The van der Waals surface area contributed by atoms with Gasteiger partial charge in [-0.25, -0.2) is 0 Å². The van der Waals surface area contributed by atoms with Gasteiger partial charge in [0.2, 0.25) is 0 Å². The lowest BCUT2D eigenvalue weighted by molar-refractivity contribution is 0.0582. The molecular formula is C10H26N2O3Si. The van der Waals surface area contributed by atoms with Crippen LogP contribution >= 0.6 is 0 Å². The summed E-state index contributed by atoms with van der Waals surface area (Å²) in [6.45, 7) is 3.34. The average molecular weight is 250 g/mol. The van der Waals surface area contributed by atoms with Crippen LogP contribution in [0.4, 0.5) is 0 Å². The second-order valence-corrected chi connectivity index (χ2v) is 6.76. The molecule has 0 aromatic rings. The molecule has 0 aliphatic carbocycles. The molecule has 5 nitrogen and oxygen atoms in total. The predicted molar refractivity (Wildman–Crippen MR) is 67.1 cm³/mol. The Morgan fingerprint density at radius 1 is 1.06 bits per heavy atom. The summed E-state index contributed by atoms with van der Waals surface area (Å²) in [6.07, 6.45) is 2.86. The highest BCUT2D eigenvalue weighted by molar-refractivity contribution is 6.60. The predicted octanol–water partition coefficient (Wildman–Crippen LogP) is 0.711. The second kappa shape index (κ2) is 9.09. The minimum Gasteiger partial charge on any atom is -0.377 e. The highest BCUT2D eigenvalue weighted by Gasteiger charge is 2.39. The van der Waals surface area contributed by atoms with Crippen molar-refractivity contribution in [3.8, 4) is 0 Å². The van der Waals surface area contributed by atoms with E-state index in [0.29, 0.717) is 13.1 Å². The van der Waals surface area contributed by atoms with Crippen molar-refractivity contribution in [2.24, 2.45) is 11.5 Å². The molecule has 0 aromatic carbocycles. The fourth-order valence-electron chi connectivity index (χ4n) is 1.53. The minimum absolute atomic E-state index is 0.118. The summed E-state index contributed by atoms with van der Waals surface area (Å²) >= 11 is 0. The maximum Gasteiger partial charge on any atom is 0.500 e. The topological polar surface area (TPSA) is 79.7 Å².